The highest BCUT2D eigenvalue weighted by Gasteiger charge is 2.34. The molecule has 1 aliphatic heterocycles. The Morgan fingerprint density at radius 1 is 0.964 bits per heavy atom. The van der Waals surface area contributed by atoms with Gasteiger partial charge in [-0.05, 0) is 56.9 Å². The molecule has 12 nitrogen and oxygen atoms in total. The maximum atomic E-state index is 16.1. The molecule has 1 aliphatic carbocycles. The van der Waals surface area contributed by atoms with Gasteiger partial charge in [-0.2, -0.15) is 0 Å². The van der Waals surface area contributed by atoms with Gasteiger partial charge in [0.1, 0.15) is 22.8 Å². The number of hydrogen-bond acceptors (Lipinski definition) is 11. The van der Waals surface area contributed by atoms with Gasteiger partial charge in [0.25, 0.3) is 0 Å². The molecular formula is C42H43F2N3O9. The standard InChI is InChI=1S/C42H43F2N3O9/c1-24-21-46(16-15-45(24)23-35-26(3)55-42(51)56-35)37-34(44)20-31-36(39(37)52-4)47(29-12-13-29)22-32(38(31)48)41(50)54-18-8-17-53-40(49)25(2)28-11-14-30(33(43)19-28)27-9-6-5-7-10-27/h5-7,9-11,14,19-20,22,24-25,29H,8,12-13,15-18,21,23H2,1-4H3. The fraction of sp³-hybridized carbons (Fsp3) is 0.381. The summed E-state index contributed by atoms with van der Waals surface area (Å²) in [7, 11) is 1.43. The van der Waals surface area contributed by atoms with Crippen LogP contribution in [0.15, 0.2) is 79.2 Å². The molecule has 56 heavy (non-hydrogen) atoms. The largest absolute Gasteiger partial charge is 0.519 e. The second kappa shape index (κ2) is 16.1. The van der Waals surface area contributed by atoms with Crippen LogP contribution >= 0.6 is 0 Å². The molecule has 2 atom stereocenters. The van der Waals surface area contributed by atoms with Gasteiger partial charge in [-0.1, -0.05) is 42.5 Å². The maximum Gasteiger partial charge on any atom is 0.519 e. The van der Waals surface area contributed by atoms with Gasteiger partial charge in [0.2, 0.25) is 5.43 Å². The van der Waals surface area contributed by atoms with Crippen molar-refractivity contribution in [1.29, 1.82) is 0 Å². The van der Waals surface area contributed by atoms with Crippen LogP contribution in [0.4, 0.5) is 14.5 Å². The minimum atomic E-state index is -0.878. The molecule has 7 rings (SSSR count). The van der Waals surface area contributed by atoms with Crippen molar-refractivity contribution in [2.75, 3.05) is 44.9 Å². The van der Waals surface area contributed by atoms with Crippen LogP contribution < -0.4 is 20.9 Å². The molecule has 0 radical (unpaired) electrons. The van der Waals surface area contributed by atoms with Crippen LogP contribution in [-0.2, 0) is 20.8 Å². The number of aryl methyl sites for hydroxylation is 1. The second-order valence-electron chi connectivity index (χ2n) is 14.3. The Bertz CT molecular complexity index is 2390. The number of carbonyl (C=O) groups excluding carboxylic acids is 2. The number of aromatic nitrogens is 1. The van der Waals surface area contributed by atoms with E-state index in [0.717, 1.165) is 24.5 Å². The first kappa shape index (κ1) is 38.5. The van der Waals surface area contributed by atoms with Crippen LogP contribution in [0.5, 0.6) is 5.75 Å². The Morgan fingerprint density at radius 3 is 2.38 bits per heavy atom. The SMILES string of the molecule is COc1c(N2CCN(Cc3oc(=O)oc3C)C(C)C2)c(F)cc2c(=O)c(C(=O)OCCCOC(=O)C(C)c3ccc(-c4ccccc4)c(F)c3)cn(C3CC3)c12. The molecule has 3 aromatic carbocycles. The van der Waals surface area contributed by atoms with E-state index >= 15 is 4.39 Å². The van der Waals surface area contributed by atoms with Gasteiger partial charge < -0.3 is 32.5 Å². The van der Waals surface area contributed by atoms with Crippen molar-refractivity contribution in [1.82, 2.24) is 9.47 Å². The fourth-order valence-electron chi connectivity index (χ4n) is 7.24. The average Bonchev–Trinajstić information content (AvgIpc) is 3.98. The summed E-state index contributed by atoms with van der Waals surface area (Å²) in [6, 6.07) is 14.8. The summed E-state index contributed by atoms with van der Waals surface area (Å²) < 4.78 is 59.7. The Kier molecular flexibility index (Phi) is 11.1. The zero-order valence-electron chi connectivity index (χ0n) is 31.6. The number of carbonyl (C=O) groups is 2. The first-order valence-electron chi connectivity index (χ1n) is 18.7. The van der Waals surface area contributed by atoms with Crippen molar-refractivity contribution in [2.24, 2.45) is 0 Å². The highest BCUT2D eigenvalue weighted by atomic mass is 19.1. The Hall–Kier alpha value is -5.76. The lowest BCUT2D eigenvalue weighted by molar-refractivity contribution is -0.145. The van der Waals surface area contributed by atoms with E-state index in [0.29, 0.717) is 54.3 Å². The normalized spacial score (nSPS) is 16.5. The van der Waals surface area contributed by atoms with Crippen LogP contribution in [0.1, 0.15) is 72.5 Å². The predicted molar refractivity (Wildman–Crippen MR) is 203 cm³/mol. The molecule has 0 spiro atoms. The highest BCUT2D eigenvalue weighted by molar-refractivity contribution is 5.97. The fourth-order valence-corrected chi connectivity index (χ4v) is 7.24. The summed E-state index contributed by atoms with van der Waals surface area (Å²) in [5.74, 6) is -2.97. The van der Waals surface area contributed by atoms with E-state index < -0.39 is 40.7 Å². The molecule has 294 valence electrons. The number of fused-ring (bicyclic) bond motifs is 1. The summed E-state index contributed by atoms with van der Waals surface area (Å²) in [6.45, 7) is 6.81. The Balaban J connectivity index is 1.01. The number of anilines is 1. The van der Waals surface area contributed by atoms with Gasteiger partial charge in [0.05, 0.1) is 43.7 Å². The minimum absolute atomic E-state index is 0.00208. The van der Waals surface area contributed by atoms with E-state index in [1.807, 2.05) is 30.0 Å². The zero-order valence-corrected chi connectivity index (χ0v) is 31.6. The van der Waals surface area contributed by atoms with Crippen molar-refractivity contribution in [3.63, 3.8) is 0 Å². The molecule has 0 N–H and O–H groups in total. The molecule has 5 aromatic rings. The van der Waals surface area contributed by atoms with Crippen molar-refractivity contribution >= 4 is 28.5 Å². The van der Waals surface area contributed by atoms with E-state index in [1.165, 1.54) is 19.4 Å². The highest BCUT2D eigenvalue weighted by Crippen LogP contribution is 2.44. The second-order valence-corrected chi connectivity index (χ2v) is 14.3. The number of halogens is 2. The van der Waals surface area contributed by atoms with Gasteiger partial charge in [-0.3, -0.25) is 14.5 Å². The molecule has 1 saturated heterocycles. The summed E-state index contributed by atoms with van der Waals surface area (Å²) >= 11 is 0. The van der Waals surface area contributed by atoms with E-state index in [2.05, 4.69) is 4.90 Å². The van der Waals surface area contributed by atoms with Crippen LogP contribution in [0.2, 0.25) is 0 Å². The van der Waals surface area contributed by atoms with E-state index in [1.54, 1.807) is 42.7 Å². The topological polar surface area (TPSA) is 134 Å². The molecule has 2 fully saturated rings. The number of esters is 2. The molecular weight excluding hydrogens is 728 g/mol. The molecule has 3 heterocycles. The van der Waals surface area contributed by atoms with E-state index in [9.17, 15) is 23.6 Å². The Labute approximate surface area is 321 Å². The number of piperazine rings is 1. The van der Waals surface area contributed by atoms with Gasteiger partial charge in [0, 0.05) is 49.9 Å². The smallest absolute Gasteiger partial charge is 0.492 e. The van der Waals surface area contributed by atoms with E-state index in [4.69, 9.17) is 23.0 Å². The zero-order chi connectivity index (χ0) is 39.7. The van der Waals surface area contributed by atoms with Crippen LogP contribution in [0, 0.1) is 18.6 Å². The number of rotatable bonds is 13. The molecule has 2 aromatic heterocycles. The van der Waals surface area contributed by atoms with Gasteiger partial charge >= 0.3 is 17.8 Å². The number of methoxy groups -OCH3 is 1. The molecule has 0 amide bonds. The Morgan fingerprint density at radius 2 is 1.71 bits per heavy atom. The summed E-state index contributed by atoms with van der Waals surface area (Å²) in [5.41, 5.74) is 1.31. The number of pyridine rings is 1. The number of ether oxygens (including phenoxy) is 3. The summed E-state index contributed by atoms with van der Waals surface area (Å²) in [4.78, 5) is 55.4. The first-order valence-corrected chi connectivity index (χ1v) is 18.7. The van der Waals surface area contributed by atoms with Crippen LogP contribution in [0.25, 0.3) is 22.0 Å². The van der Waals surface area contributed by atoms with Crippen molar-refractivity contribution in [3.8, 4) is 16.9 Å². The van der Waals surface area contributed by atoms with Crippen LogP contribution in [0.3, 0.4) is 0 Å². The third-order valence-corrected chi connectivity index (χ3v) is 10.5. The quantitative estimate of drug-likeness (QED) is 0.0930. The average molecular weight is 772 g/mol. The summed E-state index contributed by atoms with van der Waals surface area (Å²) in [5, 5.41) is -0.00208. The van der Waals surface area contributed by atoms with Crippen LogP contribution in [-0.4, -0.2) is 67.4 Å². The molecule has 0 bridgehead atoms. The third-order valence-electron chi connectivity index (χ3n) is 10.5. The molecule has 2 unspecified atom stereocenters. The first-order chi connectivity index (χ1) is 26.9. The van der Waals surface area contributed by atoms with E-state index in [-0.39, 0.29) is 54.1 Å². The minimum Gasteiger partial charge on any atom is -0.492 e. The lowest BCUT2D eigenvalue weighted by Gasteiger charge is -2.41. The predicted octanol–water partition coefficient (Wildman–Crippen LogP) is 6.75. The van der Waals surface area contributed by atoms with Gasteiger partial charge in [0.15, 0.2) is 17.3 Å². The van der Waals surface area contributed by atoms with Crippen molar-refractivity contribution in [3.05, 3.63) is 116 Å². The number of nitrogens with zero attached hydrogens (tertiary/aromatic N) is 3. The lowest BCUT2D eigenvalue weighted by Crippen LogP contribution is -2.51. The van der Waals surface area contributed by atoms with Crippen molar-refractivity contribution in [2.45, 2.75) is 64.6 Å². The summed E-state index contributed by atoms with van der Waals surface area (Å²) in [6.07, 6.45) is 3.22. The third kappa shape index (κ3) is 7.83. The maximum absolute atomic E-state index is 16.1. The number of benzene rings is 3. The molecule has 14 heteroatoms. The van der Waals surface area contributed by atoms with Gasteiger partial charge in [-0.15, -0.1) is 0 Å². The molecule has 2 aliphatic rings. The molecule has 1 saturated carbocycles. The lowest BCUT2D eigenvalue weighted by atomic mass is 9.97. The monoisotopic (exact) mass is 771 g/mol. The van der Waals surface area contributed by atoms with Gasteiger partial charge in [-0.25, -0.2) is 18.4 Å². The number of hydrogen-bond donors (Lipinski definition) is 0. The van der Waals surface area contributed by atoms with Crippen molar-refractivity contribution < 1.29 is 41.4 Å².